The number of carbonyl (C=O) groups excluding carboxylic acids is 1. The molecule has 4 nitrogen and oxygen atoms in total. The molecule has 0 saturated heterocycles. The molecule has 1 rings (SSSR count). The molecule has 0 aliphatic heterocycles. The van der Waals surface area contributed by atoms with Crippen LogP contribution in [0.15, 0.2) is 24.5 Å². The van der Waals surface area contributed by atoms with E-state index in [1.807, 2.05) is 46.8 Å². The van der Waals surface area contributed by atoms with Crippen LogP contribution in [-0.2, 0) is 10.3 Å². The summed E-state index contributed by atoms with van der Waals surface area (Å²) in [6.45, 7) is 9.33. The zero-order valence-electron chi connectivity index (χ0n) is 11.1. The maximum Gasteiger partial charge on any atom is 0.408 e. The number of hydrogen-bond acceptors (Lipinski definition) is 3. The lowest BCUT2D eigenvalue weighted by molar-refractivity contribution is 0.0470. The Bertz CT molecular complexity index is 380. The standard InChI is InChI=1S/C13H20N2O2/c1-12(2,3)17-11(16)15-13(4,5)10-7-6-8-14-9-10/h6-9H,1-5H3,(H,15,16). The normalized spacial score (nSPS) is 12.1. The number of nitrogens with zero attached hydrogens (tertiary/aromatic N) is 1. The number of pyridine rings is 1. The van der Waals surface area contributed by atoms with Gasteiger partial charge < -0.3 is 10.1 Å². The fourth-order valence-corrected chi connectivity index (χ4v) is 1.36. The van der Waals surface area contributed by atoms with Crippen molar-refractivity contribution in [3.63, 3.8) is 0 Å². The fraction of sp³-hybridized carbons (Fsp3) is 0.538. The predicted molar refractivity (Wildman–Crippen MR) is 66.6 cm³/mol. The Kier molecular flexibility index (Phi) is 3.76. The van der Waals surface area contributed by atoms with E-state index in [4.69, 9.17) is 4.74 Å². The molecule has 0 atom stereocenters. The fourth-order valence-electron chi connectivity index (χ4n) is 1.36. The van der Waals surface area contributed by atoms with Gasteiger partial charge >= 0.3 is 6.09 Å². The maximum atomic E-state index is 11.7. The van der Waals surface area contributed by atoms with Gasteiger partial charge in [-0.2, -0.15) is 0 Å². The van der Waals surface area contributed by atoms with Crippen LogP contribution in [0.4, 0.5) is 4.79 Å². The Morgan fingerprint density at radius 2 is 1.94 bits per heavy atom. The van der Waals surface area contributed by atoms with Crippen molar-refractivity contribution in [3.05, 3.63) is 30.1 Å². The topological polar surface area (TPSA) is 51.2 Å². The van der Waals surface area contributed by atoms with E-state index >= 15 is 0 Å². The molecule has 1 heterocycles. The zero-order valence-corrected chi connectivity index (χ0v) is 11.1. The van der Waals surface area contributed by atoms with Crippen LogP contribution in [0.1, 0.15) is 40.2 Å². The molecule has 1 aromatic rings. The van der Waals surface area contributed by atoms with Gasteiger partial charge in [-0.3, -0.25) is 4.98 Å². The molecule has 0 saturated carbocycles. The molecule has 0 fully saturated rings. The molecule has 1 N–H and O–H groups in total. The SMILES string of the molecule is CC(C)(C)OC(=O)NC(C)(C)c1cccnc1. The van der Waals surface area contributed by atoms with Crippen molar-refractivity contribution in [1.29, 1.82) is 0 Å². The number of amides is 1. The van der Waals surface area contributed by atoms with Crippen molar-refractivity contribution in [2.45, 2.75) is 45.8 Å². The Morgan fingerprint density at radius 3 is 2.41 bits per heavy atom. The van der Waals surface area contributed by atoms with E-state index in [2.05, 4.69) is 10.3 Å². The van der Waals surface area contributed by atoms with Gasteiger partial charge in [0.2, 0.25) is 0 Å². The lowest BCUT2D eigenvalue weighted by atomic mass is 9.96. The van der Waals surface area contributed by atoms with E-state index in [9.17, 15) is 4.79 Å². The van der Waals surface area contributed by atoms with Gasteiger partial charge in [0.25, 0.3) is 0 Å². The molecule has 94 valence electrons. The van der Waals surface area contributed by atoms with Gasteiger partial charge in [0.1, 0.15) is 5.60 Å². The summed E-state index contributed by atoms with van der Waals surface area (Å²) in [6.07, 6.45) is 3.01. The molecular weight excluding hydrogens is 216 g/mol. The molecule has 17 heavy (non-hydrogen) atoms. The van der Waals surface area contributed by atoms with Gasteiger partial charge in [-0.25, -0.2) is 4.79 Å². The Labute approximate surface area is 102 Å². The highest BCUT2D eigenvalue weighted by Gasteiger charge is 2.26. The minimum absolute atomic E-state index is 0.425. The number of alkyl carbamates (subject to hydrolysis) is 1. The first-order valence-electron chi connectivity index (χ1n) is 5.62. The number of hydrogen-bond donors (Lipinski definition) is 1. The highest BCUT2D eigenvalue weighted by Crippen LogP contribution is 2.19. The quantitative estimate of drug-likeness (QED) is 0.859. The molecule has 1 aromatic heterocycles. The van der Waals surface area contributed by atoms with Crippen molar-refractivity contribution in [1.82, 2.24) is 10.3 Å². The third kappa shape index (κ3) is 4.43. The Balaban J connectivity index is 2.71. The molecule has 0 bridgehead atoms. The third-order valence-electron chi connectivity index (χ3n) is 2.20. The van der Waals surface area contributed by atoms with E-state index in [1.165, 1.54) is 0 Å². The maximum absolute atomic E-state index is 11.7. The molecule has 0 aliphatic carbocycles. The summed E-state index contributed by atoms with van der Waals surface area (Å²) in [6, 6.07) is 3.76. The summed E-state index contributed by atoms with van der Waals surface area (Å²) in [5.74, 6) is 0. The molecule has 0 radical (unpaired) electrons. The van der Waals surface area contributed by atoms with Gasteiger partial charge in [-0.1, -0.05) is 6.07 Å². The molecular formula is C13H20N2O2. The summed E-state index contributed by atoms with van der Waals surface area (Å²) in [5.41, 5.74) is -0.0584. The van der Waals surface area contributed by atoms with Gasteiger partial charge in [-0.05, 0) is 46.2 Å². The first kappa shape index (κ1) is 13.5. The second-order valence-corrected chi connectivity index (χ2v) is 5.49. The number of nitrogens with one attached hydrogen (secondary N) is 1. The molecule has 0 aliphatic rings. The first-order valence-corrected chi connectivity index (χ1v) is 5.62. The summed E-state index contributed by atoms with van der Waals surface area (Å²) in [7, 11) is 0. The number of aromatic nitrogens is 1. The van der Waals surface area contributed by atoms with E-state index in [0.29, 0.717) is 0 Å². The largest absolute Gasteiger partial charge is 0.444 e. The van der Waals surface area contributed by atoms with Crippen molar-refractivity contribution in [3.8, 4) is 0 Å². The van der Waals surface area contributed by atoms with Gasteiger partial charge in [0, 0.05) is 12.4 Å². The molecule has 0 aromatic carbocycles. The van der Waals surface area contributed by atoms with Crippen molar-refractivity contribution < 1.29 is 9.53 Å². The second-order valence-electron chi connectivity index (χ2n) is 5.49. The van der Waals surface area contributed by atoms with Crippen LogP contribution in [0.3, 0.4) is 0 Å². The number of rotatable bonds is 2. The van der Waals surface area contributed by atoms with E-state index in [1.54, 1.807) is 12.4 Å². The molecule has 1 amide bonds. The van der Waals surface area contributed by atoms with Crippen LogP contribution in [0.5, 0.6) is 0 Å². The number of ether oxygens (including phenoxy) is 1. The van der Waals surface area contributed by atoms with E-state index in [-0.39, 0.29) is 0 Å². The van der Waals surface area contributed by atoms with Crippen molar-refractivity contribution in [2.75, 3.05) is 0 Å². The zero-order chi connectivity index (χ0) is 13.1. The van der Waals surface area contributed by atoms with Crippen LogP contribution in [0.2, 0.25) is 0 Å². The molecule has 0 spiro atoms. The van der Waals surface area contributed by atoms with E-state index in [0.717, 1.165) is 5.56 Å². The van der Waals surface area contributed by atoms with Crippen molar-refractivity contribution >= 4 is 6.09 Å². The monoisotopic (exact) mass is 236 g/mol. The van der Waals surface area contributed by atoms with Gasteiger partial charge in [-0.15, -0.1) is 0 Å². The van der Waals surface area contributed by atoms with Gasteiger partial charge in [0.15, 0.2) is 0 Å². The van der Waals surface area contributed by atoms with Crippen LogP contribution in [0.25, 0.3) is 0 Å². The van der Waals surface area contributed by atoms with Crippen LogP contribution in [-0.4, -0.2) is 16.7 Å². The lowest BCUT2D eigenvalue weighted by Crippen LogP contribution is -2.43. The second kappa shape index (κ2) is 4.73. The minimum Gasteiger partial charge on any atom is -0.444 e. The van der Waals surface area contributed by atoms with Gasteiger partial charge in [0.05, 0.1) is 5.54 Å². The van der Waals surface area contributed by atoms with Crippen LogP contribution < -0.4 is 5.32 Å². The predicted octanol–water partition coefficient (Wildman–Crippen LogP) is 2.84. The Hall–Kier alpha value is -1.58. The average molecular weight is 236 g/mol. The number of carbonyl (C=O) groups is 1. The smallest absolute Gasteiger partial charge is 0.408 e. The third-order valence-corrected chi connectivity index (χ3v) is 2.20. The summed E-state index contributed by atoms with van der Waals surface area (Å²) < 4.78 is 5.22. The van der Waals surface area contributed by atoms with Crippen LogP contribution in [0, 0.1) is 0 Å². The summed E-state index contributed by atoms with van der Waals surface area (Å²) >= 11 is 0. The Morgan fingerprint density at radius 1 is 1.29 bits per heavy atom. The van der Waals surface area contributed by atoms with Crippen molar-refractivity contribution in [2.24, 2.45) is 0 Å². The van der Waals surface area contributed by atoms with Crippen LogP contribution >= 0.6 is 0 Å². The lowest BCUT2D eigenvalue weighted by Gasteiger charge is -2.28. The summed E-state index contributed by atoms with van der Waals surface area (Å²) in [5, 5.41) is 2.83. The molecule has 4 heteroatoms. The minimum atomic E-state index is -0.503. The first-order chi connectivity index (χ1) is 7.71. The van der Waals surface area contributed by atoms with E-state index < -0.39 is 17.2 Å². The highest BCUT2D eigenvalue weighted by atomic mass is 16.6. The summed E-state index contributed by atoms with van der Waals surface area (Å²) in [4.78, 5) is 15.7. The molecule has 0 unspecified atom stereocenters. The average Bonchev–Trinajstić information content (AvgIpc) is 2.15. The highest BCUT2D eigenvalue weighted by molar-refractivity contribution is 5.69.